The van der Waals surface area contributed by atoms with Gasteiger partial charge in [0.05, 0.1) is 0 Å². The third-order valence-corrected chi connectivity index (χ3v) is 5.08. The molecule has 3 rings (SSSR count). The molecular weight excluding hydrogens is 240 g/mol. The predicted molar refractivity (Wildman–Crippen MR) is 75.7 cm³/mol. The van der Waals surface area contributed by atoms with Crippen molar-refractivity contribution in [2.24, 2.45) is 5.92 Å². The quantitative estimate of drug-likeness (QED) is 0.709. The molecule has 19 heavy (non-hydrogen) atoms. The lowest BCUT2D eigenvalue weighted by Crippen LogP contribution is -2.54. The zero-order chi connectivity index (χ0) is 13.4. The Balaban J connectivity index is 1.54. The molecule has 3 atom stereocenters. The summed E-state index contributed by atoms with van der Waals surface area (Å²) < 4.78 is 0. The summed E-state index contributed by atoms with van der Waals surface area (Å²) in [6.07, 6.45) is 2.78. The summed E-state index contributed by atoms with van der Waals surface area (Å²) >= 11 is 0. The maximum absolute atomic E-state index is 6.25. The lowest BCUT2D eigenvalue weighted by atomic mass is 9.91. The van der Waals surface area contributed by atoms with E-state index in [2.05, 4.69) is 40.9 Å². The Hall–Kier alpha value is -0.200. The van der Waals surface area contributed by atoms with Gasteiger partial charge in [0.1, 0.15) is 6.23 Å². The average molecular weight is 268 g/mol. The van der Waals surface area contributed by atoms with E-state index in [4.69, 9.17) is 4.84 Å². The molecule has 0 aromatic heterocycles. The van der Waals surface area contributed by atoms with Gasteiger partial charge in [0.2, 0.25) is 0 Å². The topological polar surface area (TPSA) is 22.2 Å². The summed E-state index contributed by atoms with van der Waals surface area (Å²) in [4.78, 5) is 13.6. The maximum Gasteiger partial charge on any atom is 0.132 e. The molecule has 0 N–H and O–H groups in total. The van der Waals surface area contributed by atoms with Crippen LogP contribution in [0.4, 0.5) is 0 Å². The predicted octanol–water partition coefficient (Wildman–Crippen LogP) is 0.147. The average Bonchev–Trinajstić information content (AvgIpc) is 2.77. The van der Waals surface area contributed by atoms with Gasteiger partial charge in [-0.2, -0.15) is 5.06 Å². The Morgan fingerprint density at radius 1 is 0.842 bits per heavy atom. The number of hydrogen-bond acceptors (Lipinski definition) is 5. The van der Waals surface area contributed by atoms with Crippen molar-refractivity contribution in [3.63, 3.8) is 0 Å². The normalized spacial score (nSPS) is 39.6. The maximum atomic E-state index is 6.25. The first-order valence-electron chi connectivity index (χ1n) is 7.64. The summed E-state index contributed by atoms with van der Waals surface area (Å²) in [5, 5.41) is 2.18. The lowest BCUT2D eigenvalue weighted by molar-refractivity contribution is -0.261. The van der Waals surface area contributed by atoms with Crippen molar-refractivity contribution in [1.82, 2.24) is 19.8 Å². The minimum absolute atomic E-state index is 0.288. The van der Waals surface area contributed by atoms with E-state index in [-0.39, 0.29) is 6.23 Å². The van der Waals surface area contributed by atoms with Gasteiger partial charge in [-0.05, 0) is 39.9 Å². The van der Waals surface area contributed by atoms with Gasteiger partial charge in [0.15, 0.2) is 0 Å². The first-order chi connectivity index (χ1) is 9.13. The van der Waals surface area contributed by atoms with Crippen LogP contribution in [0.25, 0.3) is 0 Å². The van der Waals surface area contributed by atoms with Crippen molar-refractivity contribution in [3.8, 4) is 0 Å². The second-order valence-corrected chi connectivity index (χ2v) is 6.58. The Labute approximate surface area is 117 Å². The summed E-state index contributed by atoms with van der Waals surface area (Å²) in [5.41, 5.74) is 0. The standard InChI is InChI=1S/C14H28N4O/c1-15-6-8-18(9-7-15)19-14-5-4-12-10-16(2)11-13(12)17(14)3/h12-14H,4-11H2,1-3H3/t12-,13+,14?/m0/s1. The SMILES string of the molecule is CN1CCN(OC2CC[C@H]3CN(C)C[C@H]3N2C)CC1. The Bertz CT molecular complexity index is 306. The van der Waals surface area contributed by atoms with Crippen molar-refractivity contribution in [2.45, 2.75) is 25.1 Å². The first-order valence-corrected chi connectivity index (χ1v) is 7.64. The number of hydroxylamine groups is 2. The molecule has 3 fully saturated rings. The molecule has 5 heteroatoms. The molecule has 0 spiro atoms. The number of nitrogens with zero attached hydrogens (tertiary/aromatic N) is 4. The molecule has 0 radical (unpaired) electrons. The minimum Gasteiger partial charge on any atom is -0.304 e. The van der Waals surface area contributed by atoms with Crippen molar-refractivity contribution in [1.29, 1.82) is 0 Å². The van der Waals surface area contributed by atoms with Crippen LogP contribution in [-0.4, -0.2) is 92.4 Å². The van der Waals surface area contributed by atoms with Gasteiger partial charge in [0.25, 0.3) is 0 Å². The van der Waals surface area contributed by atoms with E-state index >= 15 is 0 Å². The fourth-order valence-electron chi connectivity index (χ4n) is 3.78. The van der Waals surface area contributed by atoms with Crippen molar-refractivity contribution in [2.75, 3.05) is 60.4 Å². The van der Waals surface area contributed by atoms with Crippen LogP contribution in [0.15, 0.2) is 0 Å². The van der Waals surface area contributed by atoms with Gasteiger partial charge >= 0.3 is 0 Å². The van der Waals surface area contributed by atoms with Gasteiger partial charge in [-0.15, -0.1) is 0 Å². The van der Waals surface area contributed by atoms with Crippen LogP contribution in [0.1, 0.15) is 12.8 Å². The molecular formula is C14H28N4O. The molecule has 0 aliphatic carbocycles. The highest BCUT2D eigenvalue weighted by Gasteiger charge is 2.41. The zero-order valence-corrected chi connectivity index (χ0v) is 12.6. The number of hydrogen-bond donors (Lipinski definition) is 0. The van der Waals surface area contributed by atoms with Crippen molar-refractivity contribution < 1.29 is 4.84 Å². The zero-order valence-electron chi connectivity index (χ0n) is 12.6. The van der Waals surface area contributed by atoms with Gasteiger partial charge < -0.3 is 9.80 Å². The number of fused-ring (bicyclic) bond motifs is 1. The third-order valence-electron chi connectivity index (χ3n) is 5.08. The Morgan fingerprint density at radius 3 is 2.32 bits per heavy atom. The van der Waals surface area contributed by atoms with Gasteiger partial charge in [0, 0.05) is 45.3 Å². The highest BCUT2D eigenvalue weighted by atomic mass is 16.7. The number of likely N-dealkylation sites (N-methyl/N-ethyl adjacent to an activating group) is 3. The third kappa shape index (κ3) is 2.95. The first kappa shape index (κ1) is 13.8. The largest absolute Gasteiger partial charge is 0.304 e. The number of piperazine rings is 1. The highest BCUT2D eigenvalue weighted by Crippen LogP contribution is 2.32. The van der Waals surface area contributed by atoms with E-state index in [0.717, 1.165) is 32.1 Å². The number of piperidine rings is 1. The second kappa shape index (κ2) is 5.66. The minimum atomic E-state index is 0.288. The van der Waals surface area contributed by atoms with Crippen LogP contribution in [0.2, 0.25) is 0 Å². The molecule has 3 aliphatic rings. The second-order valence-electron chi connectivity index (χ2n) is 6.58. The van der Waals surface area contributed by atoms with Crippen molar-refractivity contribution >= 4 is 0 Å². The van der Waals surface area contributed by atoms with E-state index in [1.165, 1.54) is 25.9 Å². The smallest absolute Gasteiger partial charge is 0.132 e. The molecule has 110 valence electrons. The number of likely N-dealkylation sites (tertiary alicyclic amines) is 2. The summed E-state index contributed by atoms with van der Waals surface area (Å²) in [5.74, 6) is 0.849. The van der Waals surface area contributed by atoms with E-state index in [1.54, 1.807) is 0 Å². The summed E-state index contributed by atoms with van der Waals surface area (Å²) in [7, 11) is 6.67. The Kier molecular flexibility index (Phi) is 4.10. The molecule has 0 aromatic rings. The van der Waals surface area contributed by atoms with Crippen LogP contribution in [0.5, 0.6) is 0 Å². The summed E-state index contributed by atoms with van der Waals surface area (Å²) in [6, 6.07) is 0.691. The molecule has 3 aliphatic heterocycles. The van der Waals surface area contributed by atoms with E-state index in [0.29, 0.717) is 6.04 Å². The van der Waals surface area contributed by atoms with Gasteiger partial charge in [-0.25, -0.2) is 0 Å². The number of rotatable bonds is 2. The fraction of sp³-hybridized carbons (Fsp3) is 1.00. The molecule has 0 amide bonds. The van der Waals surface area contributed by atoms with Crippen LogP contribution in [-0.2, 0) is 4.84 Å². The molecule has 1 unspecified atom stereocenters. The molecule has 0 bridgehead atoms. The van der Waals surface area contributed by atoms with E-state index in [9.17, 15) is 0 Å². The van der Waals surface area contributed by atoms with E-state index in [1.807, 2.05) is 0 Å². The van der Waals surface area contributed by atoms with Gasteiger partial charge in [-0.1, -0.05) is 0 Å². The molecule has 3 saturated heterocycles. The highest BCUT2D eigenvalue weighted by molar-refractivity contribution is 4.93. The monoisotopic (exact) mass is 268 g/mol. The van der Waals surface area contributed by atoms with Gasteiger partial charge in [-0.3, -0.25) is 9.74 Å². The molecule has 0 saturated carbocycles. The van der Waals surface area contributed by atoms with Crippen LogP contribution >= 0.6 is 0 Å². The molecule has 3 heterocycles. The summed E-state index contributed by atoms with van der Waals surface area (Å²) in [6.45, 7) is 6.76. The van der Waals surface area contributed by atoms with E-state index < -0.39 is 0 Å². The Morgan fingerprint density at radius 2 is 1.58 bits per heavy atom. The molecule has 0 aromatic carbocycles. The fourth-order valence-corrected chi connectivity index (χ4v) is 3.78. The molecule has 5 nitrogen and oxygen atoms in total. The lowest BCUT2D eigenvalue weighted by Gasteiger charge is -2.43. The van der Waals surface area contributed by atoms with Crippen LogP contribution in [0.3, 0.4) is 0 Å². The van der Waals surface area contributed by atoms with Crippen LogP contribution < -0.4 is 0 Å². The van der Waals surface area contributed by atoms with Crippen LogP contribution in [0, 0.1) is 5.92 Å². The van der Waals surface area contributed by atoms with Crippen molar-refractivity contribution in [3.05, 3.63) is 0 Å².